The van der Waals surface area contributed by atoms with E-state index in [1.54, 1.807) is 18.9 Å². The van der Waals surface area contributed by atoms with E-state index in [2.05, 4.69) is 33.8 Å². The molecule has 1 saturated carbocycles. The van der Waals surface area contributed by atoms with Gasteiger partial charge in [0.05, 0.1) is 13.7 Å². The van der Waals surface area contributed by atoms with Crippen LogP contribution in [-0.2, 0) is 12.3 Å². The molecule has 2 aromatic rings. The molecule has 1 heterocycles. The van der Waals surface area contributed by atoms with Gasteiger partial charge >= 0.3 is 0 Å². The van der Waals surface area contributed by atoms with Crippen LogP contribution in [0, 0.1) is 6.92 Å². The Hall–Kier alpha value is -1.53. The smallest absolute Gasteiger partial charge is 0.191 e. The van der Waals surface area contributed by atoms with Gasteiger partial charge in [0.25, 0.3) is 0 Å². The third kappa shape index (κ3) is 3.06. The largest absolute Gasteiger partial charge is 0.496 e. The molecule has 2 N–H and O–H groups in total. The van der Waals surface area contributed by atoms with Gasteiger partial charge in [0, 0.05) is 17.4 Å². The van der Waals surface area contributed by atoms with E-state index in [1.807, 2.05) is 6.07 Å². The summed E-state index contributed by atoms with van der Waals surface area (Å²) in [6.07, 6.45) is 2.40. The van der Waals surface area contributed by atoms with Crippen molar-refractivity contribution in [2.75, 3.05) is 7.11 Å². The molecule has 6 heteroatoms. The minimum absolute atomic E-state index is 0.442. The average molecular weight is 304 g/mol. The zero-order chi connectivity index (χ0) is 14.8. The predicted molar refractivity (Wildman–Crippen MR) is 83.5 cm³/mol. The number of rotatable bonds is 6. The second-order valence-corrected chi connectivity index (χ2v) is 6.25. The van der Waals surface area contributed by atoms with E-state index in [0.29, 0.717) is 12.6 Å². The molecule has 0 bridgehead atoms. The van der Waals surface area contributed by atoms with Gasteiger partial charge in [-0.3, -0.25) is 0 Å². The fourth-order valence-corrected chi connectivity index (χ4v) is 3.41. The van der Waals surface area contributed by atoms with Crippen molar-refractivity contribution in [1.82, 2.24) is 14.8 Å². The van der Waals surface area contributed by atoms with Gasteiger partial charge in [-0.15, -0.1) is 10.2 Å². The van der Waals surface area contributed by atoms with Gasteiger partial charge in [-0.2, -0.15) is 0 Å². The molecule has 0 unspecified atom stereocenters. The molecule has 0 radical (unpaired) electrons. The standard InChI is InChI=1S/C15H20N4OS/c1-10-3-6-13(20-2)11(7-10)9-21-15-18-17-14(8-16)19(15)12-4-5-12/h3,6-7,12H,4-5,8-9,16H2,1-2H3. The molecule has 1 aliphatic rings. The SMILES string of the molecule is COc1ccc(C)cc1CSc1nnc(CN)n1C1CC1. The number of methoxy groups -OCH3 is 1. The summed E-state index contributed by atoms with van der Waals surface area (Å²) in [7, 11) is 1.71. The number of benzene rings is 1. The first kappa shape index (κ1) is 14.4. The molecule has 0 saturated heterocycles. The Morgan fingerprint density at radius 3 is 2.86 bits per heavy atom. The van der Waals surface area contributed by atoms with Crippen LogP contribution in [0.1, 0.15) is 35.8 Å². The number of nitrogens with two attached hydrogens (primary N) is 1. The fraction of sp³-hybridized carbons (Fsp3) is 0.467. The van der Waals surface area contributed by atoms with E-state index in [0.717, 1.165) is 22.5 Å². The zero-order valence-electron chi connectivity index (χ0n) is 12.4. The summed E-state index contributed by atoms with van der Waals surface area (Å²) in [5.41, 5.74) is 8.17. The van der Waals surface area contributed by atoms with E-state index in [-0.39, 0.29) is 0 Å². The van der Waals surface area contributed by atoms with Crippen LogP contribution in [0.2, 0.25) is 0 Å². The number of nitrogens with zero attached hydrogens (tertiary/aromatic N) is 3. The van der Waals surface area contributed by atoms with Crippen LogP contribution >= 0.6 is 11.8 Å². The number of hydrogen-bond acceptors (Lipinski definition) is 5. The van der Waals surface area contributed by atoms with E-state index in [4.69, 9.17) is 10.5 Å². The molecular formula is C15H20N4OS. The monoisotopic (exact) mass is 304 g/mol. The maximum absolute atomic E-state index is 5.75. The average Bonchev–Trinajstić information content (AvgIpc) is 3.25. The number of aromatic nitrogens is 3. The maximum Gasteiger partial charge on any atom is 0.191 e. The van der Waals surface area contributed by atoms with Crippen molar-refractivity contribution in [2.45, 2.75) is 43.3 Å². The fourth-order valence-electron chi connectivity index (χ4n) is 2.41. The second-order valence-electron chi connectivity index (χ2n) is 5.31. The lowest BCUT2D eigenvalue weighted by molar-refractivity contribution is 0.411. The molecule has 0 amide bonds. The third-order valence-corrected chi connectivity index (χ3v) is 4.61. The van der Waals surface area contributed by atoms with Crippen molar-refractivity contribution in [3.63, 3.8) is 0 Å². The second kappa shape index (κ2) is 6.07. The summed E-state index contributed by atoms with van der Waals surface area (Å²) in [6, 6.07) is 6.78. The van der Waals surface area contributed by atoms with Crippen molar-refractivity contribution in [3.8, 4) is 5.75 Å². The summed E-state index contributed by atoms with van der Waals surface area (Å²) in [4.78, 5) is 0. The molecular weight excluding hydrogens is 284 g/mol. The molecule has 1 aliphatic carbocycles. The van der Waals surface area contributed by atoms with Crippen LogP contribution in [-0.4, -0.2) is 21.9 Å². The highest BCUT2D eigenvalue weighted by Crippen LogP contribution is 2.39. The molecule has 0 atom stereocenters. The third-order valence-electron chi connectivity index (χ3n) is 3.62. The lowest BCUT2D eigenvalue weighted by Gasteiger charge is -2.10. The summed E-state index contributed by atoms with van der Waals surface area (Å²) in [5, 5.41) is 9.46. The maximum atomic E-state index is 5.75. The molecule has 0 aliphatic heterocycles. The van der Waals surface area contributed by atoms with Crippen molar-refractivity contribution in [2.24, 2.45) is 5.73 Å². The van der Waals surface area contributed by atoms with Gasteiger partial charge in [-0.05, 0) is 25.8 Å². The first-order valence-electron chi connectivity index (χ1n) is 7.13. The van der Waals surface area contributed by atoms with Crippen LogP contribution in [0.25, 0.3) is 0 Å². The van der Waals surface area contributed by atoms with E-state index >= 15 is 0 Å². The Labute approximate surface area is 128 Å². The Morgan fingerprint density at radius 1 is 1.38 bits per heavy atom. The Morgan fingerprint density at radius 2 is 2.19 bits per heavy atom. The lowest BCUT2D eigenvalue weighted by atomic mass is 10.1. The van der Waals surface area contributed by atoms with Crippen LogP contribution in [0.15, 0.2) is 23.4 Å². The van der Waals surface area contributed by atoms with E-state index in [1.165, 1.54) is 24.0 Å². The summed E-state index contributed by atoms with van der Waals surface area (Å²) in [6.45, 7) is 2.53. The predicted octanol–water partition coefficient (Wildman–Crippen LogP) is 2.68. The Balaban J connectivity index is 1.79. The normalized spacial score (nSPS) is 14.4. The highest BCUT2D eigenvalue weighted by molar-refractivity contribution is 7.98. The van der Waals surface area contributed by atoms with Crippen LogP contribution in [0.5, 0.6) is 5.75 Å². The number of hydrogen-bond donors (Lipinski definition) is 1. The van der Waals surface area contributed by atoms with Crippen LogP contribution < -0.4 is 10.5 Å². The van der Waals surface area contributed by atoms with E-state index < -0.39 is 0 Å². The van der Waals surface area contributed by atoms with Crippen molar-refractivity contribution < 1.29 is 4.74 Å². The minimum atomic E-state index is 0.442. The van der Waals surface area contributed by atoms with Crippen molar-refractivity contribution in [1.29, 1.82) is 0 Å². The van der Waals surface area contributed by atoms with E-state index in [9.17, 15) is 0 Å². The zero-order valence-corrected chi connectivity index (χ0v) is 13.2. The number of thioether (sulfide) groups is 1. The summed E-state index contributed by atoms with van der Waals surface area (Å²) in [5.74, 6) is 2.63. The van der Waals surface area contributed by atoms with Crippen LogP contribution in [0.4, 0.5) is 0 Å². The van der Waals surface area contributed by atoms with Crippen LogP contribution in [0.3, 0.4) is 0 Å². The molecule has 21 heavy (non-hydrogen) atoms. The minimum Gasteiger partial charge on any atom is -0.496 e. The van der Waals surface area contributed by atoms with Crippen molar-refractivity contribution in [3.05, 3.63) is 35.2 Å². The number of ether oxygens (including phenoxy) is 1. The van der Waals surface area contributed by atoms with Gasteiger partial charge < -0.3 is 15.0 Å². The molecule has 0 spiro atoms. The van der Waals surface area contributed by atoms with Gasteiger partial charge in [0.2, 0.25) is 0 Å². The van der Waals surface area contributed by atoms with Crippen molar-refractivity contribution >= 4 is 11.8 Å². The first-order valence-corrected chi connectivity index (χ1v) is 8.11. The van der Waals surface area contributed by atoms with Gasteiger partial charge in [0.15, 0.2) is 5.16 Å². The molecule has 1 fully saturated rings. The Bertz CT molecular complexity index is 637. The van der Waals surface area contributed by atoms with Gasteiger partial charge in [0.1, 0.15) is 11.6 Å². The number of aryl methyl sites for hydroxylation is 1. The molecule has 1 aromatic carbocycles. The Kier molecular flexibility index (Phi) is 4.17. The molecule has 3 rings (SSSR count). The first-order chi connectivity index (χ1) is 10.2. The molecule has 1 aromatic heterocycles. The quantitative estimate of drug-likeness (QED) is 0.831. The lowest BCUT2D eigenvalue weighted by Crippen LogP contribution is -2.08. The highest BCUT2D eigenvalue weighted by atomic mass is 32.2. The summed E-state index contributed by atoms with van der Waals surface area (Å²) < 4.78 is 7.63. The topological polar surface area (TPSA) is 66.0 Å². The summed E-state index contributed by atoms with van der Waals surface area (Å²) >= 11 is 1.70. The highest BCUT2D eigenvalue weighted by Gasteiger charge is 2.29. The van der Waals surface area contributed by atoms with Gasteiger partial charge in [-0.1, -0.05) is 29.5 Å². The molecule has 5 nitrogen and oxygen atoms in total. The molecule has 112 valence electrons. The van der Waals surface area contributed by atoms with Gasteiger partial charge in [-0.25, -0.2) is 0 Å².